The molecule has 4 rings (SSSR count). The summed E-state index contributed by atoms with van der Waals surface area (Å²) in [7, 11) is 0. The van der Waals surface area contributed by atoms with Gasteiger partial charge in [0, 0.05) is 17.7 Å². The highest BCUT2D eigenvalue weighted by Gasteiger charge is 2.42. The number of benzene rings is 2. The fourth-order valence-electron chi connectivity index (χ4n) is 3.53. The Labute approximate surface area is 166 Å². The van der Waals surface area contributed by atoms with Gasteiger partial charge in [-0.05, 0) is 37.6 Å². The predicted molar refractivity (Wildman–Crippen MR) is 108 cm³/mol. The predicted octanol–water partition coefficient (Wildman–Crippen LogP) is 3.93. The van der Waals surface area contributed by atoms with Crippen LogP contribution < -0.4 is 0 Å². The highest BCUT2D eigenvalue weighted by Crippen LogP contribution is 2.31. The lowest BCUT2D eigenvalue weighted by Crippen LogP contribution is -2.48. The zero-order valence-electron chi connectivity index (χ0n) is 16.3. The summed E-state index contributed by atoms with van der Waals surface area (Å²) in [5.41, 5.74) is 3.19. The minimum atomic E-state index is -0.599. The van der Waals surface area contributed by atoms with Gasteiger partial charge in [-0.2, -0.15) is 5.06 Å². The Morgan fingerprint density at radius 1 is 1.00 bits per heavy atom. The first kappa shape index (κ1) is 18.9. The zero-order chi connectivity index (χ0) is 19.4. The van der Waals surface area contributed by atoms with Crippen LogP contribution in [0.1, 0.15) is 25.0 Å². The van der Waals surface area contributed by atoms with Crippen molar-refractivity contribution in [1.29, 1.82) is 0 Å². The van der Waals surface area contributed by atoms with Crippen molar-refractivity contribution in [1.82, 2.24) is 5.06 Å². The lowest BCUT2D eigenvalue weighted by atomic mass is 9.99. The highest BCUT2D eigenvalue weighted by molar-refractivity contribution is 5.43. The number of hydrogen-bond acceptors (Lipinski definition) is 4. The molecule has 1 fully saturated rings. The van der Waals surface area contributed by atoms with Crippen molar-refractivity contribution in [3.8, 4) is 11.8 Å². The number of hydrogen-bond donors (Lipinski definition) is 0. The van der Waals surface area contributed by atoms with Crippen LogP contribution in [0.15, 0.2) is 72.3 Å². The zero-order valence-corrected chi connectivity index (χ0v) is 16.3. The average Bonchev–Trinajstić information content (AvgIpc) is 3.07. The summed E-state index contributed by atoms with van der Waals surface area (Å²) in [5, 5.41) is 1.99. The molecule has 0 radical (unpaired) electrons. The molecule has 2 aliphatic rings. The van der Waals surface area contributed by atoms with Crippen LogP contribution in [0.4, 0.5) is 0 Å². The molecule has 0 spiro atoms. The van der Waals surface area contributed by atoms with Crippen molar-refractivity contribution >= 4 is 0 Å². The van der Waals surface area contributed by atoms with E-state index in [1.807, 2.05) is 67.4 Å². The lowest BCUT2D eigenvalue weighted by Gasteiger charge is -2.36. The molecule has 2 aromatic rings. The molecule has 0 saturated carbocycles. The molecule has 0 aliphatic carbocycles. The minimum Gasteiger partial charge on any atom is -0.348 e. The van der Waals surface area contributed by atoms with Crippen LogP contribution in [0, 0.1) is 11.8 Å². The summed E-state index contributed by atoms with van der Waals surface area (Å²) in [6.45, 7) is 5.56. The third-order valence-corrected chi connectivity index (χ3v) is 4.86. The summed E-state index contributed by atoms with van der Waals surface area (Å²) in [5.74, 6) is 6.04. The number of rotatable bonds is 3. The van der Waals surface area contributed by atoms with E-state index in [4.69, 9.17) is 14.3 Å². The summed E-state index contributed by atoms with van der Waals surface area (Å²) in [6, 6.07) is 20.2. The van der Waals surface area contributed by atoms with E-state index in [9.17, 15) is 0 Å². The van der Waals surface area contributed by atoms with Gasteiger partial charge in [-0.1, -0.05) is 60.4 Å². The molecule has 2 heterocycles. The molecule has 2 aliphatic heterocycles. The van der Waals surface area contributed by atoms with Gasteiger partial charge >= 0.3 is 0 Å². The minimum absolute atomic E-state index is 0.119. The second-order valence-corrected chi connectivity index (χ2v) is 7.44. The van der Waals surface area contributed by atoms with Gasteiger partial charge in [-0.3, -0.25) is 4.84 Å². The molecule has 4 heteroatoms. The Bertz CT molecular complexity index is 880. The molecule has 0 aromatic heterocycles. The van der Waals surface area contributed by atoms with Crippen LogP contribution in [0.5, 0.6) is 0 Å². The number of ether oxygens (including phenoxy) is 2. The molecule has 2 aromatic carbocycles. The Balaban J connectivity index is 1.62. The van der Waals surface area contributed by atoms with Gasteiger partial charge in [-0.15, -0.1) is 0 Å². The summed E-state index contributed by atoms with van der Waals surface area (Å²) >= 11 is 0. The number of hydroxylamine groups is 2. The maximum atomic E-state index is 6.19. The van der Waals surface area contributed by atoms with Gasteiger partial charge in [0.1, 0.15) is 6.10 Å². The van der Waals surface area contributed by atoms with Gasteiger partial charge in [-0.25, -0.2) is 0 Å². The molecule has 0 amide bonds. The molecular formula is C24H25NO3. The van der Waals surface area contributed by atoms with Crippen molar-refractivity contribution in [3.05, 3.63) is 83.4 Å². The van der Waals surface area contributed by atoms with Gasteiger partial charge in [0.05, 0.1) is 19.3 Å². The summed E-state index contributed by atoms with van der Waals surface area (Å²) in [4.78, 5) is 6.01. The Morgan fingerprint density at radius 2 is 1.71 bits per heavy atom. The fraction of sp³-hybridized carbons (Fsp3) is 0.333. The highest BCUT2D eigenvalue weighted by atomic mass is 16.7. The van der Waals surface area contributed by atoms with E-state index in [2.05, 4.69) is 30.0 Å². The normalized spacial score (nSPS) is 24.3. The van der Waals surface area contributed by atoms with Gasteiger partial charge in [0.25, 0.3) is 0 Å². The van der Waals surface area contributed by atoms with E-state index >= 15 is 0 Å². The molecular weight excluding hydrogens is 350 g/mol. The van der Waals surface area contributed by atoms with Crippen molar-refractivity contribution in [3.63, 3.8) is 0 Å². The second kappa shape index (κ2) is 8.30. The Kier molecular flexibility index (Phi) is 5.61. The van der Waals surface area contributed by atoms with Crippen LogP contribution in [0.25, 0.3) is 0 Å². The molecule has 0 N–H and O–H groups in total. The number of nitrogens with zero attached hydrogens (tertiary/aromatic N) is 1. The first-order valence-corrected chi connectivity index (χ1v) is 9.63. The van der Waals surface area contributed by atoms with Crippen LogP contribution in [-0.4, -0.2) is 36.2 Å². The van der Waals surface area contributed by atoms with Crippen LogP contribution in [0.2, 0.25) is 0 Å². The molecule has 0 bridgehead atoms. The maximum Gasteiger partial charge on any atom is 0.163 e. The largest absolute Gasteiger partial charge is 0.348 e. The van der Waals surface area contributed by atoms with E-state index in [0.29, 0.717) is 19.8 Å². The monoisotopic (exact) mass is 375 g/mol. The SMILES string of the molecule is CC1(C)OC[C@H]([C@H]2C(C#Cc3ccccc3)=CCON2Cc2ccccc2)O1. The topological polar surface area (TPSA) is 30.9 Å². The maximum absolute atomic E-state index is 6.19. The van der Waals surface area contributed by atoms with E-state index in [1.165, 1.54) is 5.56 Å². The summed E-state index contributed by atoms with van der Waals surface area (Å²) in [6.07, 6.45) is 1.91. The van der Waals surface area contributed by atoms with Crippen LogP contribution in [-0.2, 0) is 20.9 Å². The lowest BCUT2D eigenvalue weighted by molar-refractivity contribution is -0.214. The van der Waals surface area contributed by atoms with Crippen molar-refractivity contribution in [2.24, 2.45) is 0 Å². The van der Waals surface area contributed by atoms with Crippen LogP contribution in [0.3, 0.4) is 0 Å². The van der Waals surface area contributed by atoms with Crippen molar-refractivity contribution < 1.29 is 14.3 Å². The first-order valence-electron chi connectivity index (χ1n) is 9.63. The standard InChI is InChI=1S/C24H25NO3/c1-24(2)26-18-22(28-24)23-21(14-13-19-9-5-3-6-10-19)15-16-27-25(23)17-20-11-7-4-8-12-20/h3-12,15,22-23H,16-18H2,1-2H3/t22-,23-/m1/s1. The van der Waals surface area contributed by atoms with E-state index in [1.54, 1.807) is 0 Å². The smallest absolute Gasteiger partial charge is 0.163 e. The average molecular weight is 375 g/mol. The Hall–Kier alpha value is -2.42. The van der Waals surface area contributed by atoms with Gasteiger partial charge < -0.3 is 9.47 Å². The van der Waals surface area contributed by atoms with E-state index in [0.717, 1.165) is 11.1 Å². The molecule has 144 valence electrons. The third-order valence-electron chi connectivity index (χ3n) is 4.86. The molecule has 1 saturated heterocycles. The second-order valence-electron chi connectivity index (χ2n) is 7.44. The third kappa shape index (κ3) is 4.52. The molecule has 28 heavy (non-hydrogen) atoms. The first-order chi connectivity index (χ1) is 13.6. The van der Waals surface area contributed by atoms with E-state index in [-0.39, 0.29) is 12.1 Å². The summed E-state index contributed by atoms with van der Waals surface area (Å²) < 4.78 is 12.0. The molecule has 0 unspecified atom stereocenters. The molecule has 2 atom stereocenters. The van der Waals surface area contributed by atoms with Crippen LogP contribution >= 0.6 is 0 Å². The van der Waals surface area contributed by atoms with Gasteiger partial charge in [0.2, 0.25) is 0 Å². The van der Waals surface area contributed by atoms with Crippen molar-refractivity contribution in [2.75, 3.05) is 13.2 Å². The quantitative estimate of drug-likeness (QED) is 0.761. The van der Waals surface area contributed by atoms with Gasteiger partial charge in [0.15, 0.2) is 5.79 Å². The fourth-order valence-corrected chi connectivity index (χ4v) is 3.53. The van der Waals surface area contributed by atoms with E-state index < -0.39 is 5.79 Å². The Morgan fingerprint density at radius 3 is 2.39 bits per heavy atom. The molecule has 4 nitrogen and oxygen atoms in total. The van der Waals surface area contributed by atoms with Crippen molar-refractivity contribution in [2.45, 2.75) is 38.3 Å².